The summed E-state index contributed by atoms with van der Waals surface area (Å²) in [4.78, 5) is 22.5. The monoisotopic (exact) mass is 370 g/mol. The lowest BCUT2D eigenvalue weighted by Crippen LogP contribution is -2.29. The SMILES string of the molecule is O=C(CCC1CCCC1)N1CCC(n2cc(COc3cnccn3)nn2)C1. The molecule has 1 aliphatic heterocycles. The number of nitrogens with zero attached hydrogens (tertiary/aromatic N) is 6. The van der Waals surface area contributed by atoms with Gasteiger partial charge in [0.15, 0.2) is 0 Å². The third-order valence-corrected chi connectivity index (χ3v) is 5.60. The highest BCUT2D eigenvalue weighted by molar-refractivity contribution is 5.76. The number of rotatable bonds is 7. The number of likely N-dealkylation sites (tertiary alicyclic amines) is 1. The summed E-state index contributed by atoms with van der Waals surface area (Å²) in [5, 5.41) is 8.40. The van der Waals surface area contributed by atoms with Crippen LogP contribution in [0.3, 0.4) is 0 Å². The van der Waals surface area contributed by atoms with E-state index in [0.717, 1.165) is 37.5 Å². The van der Waals surface area contributed by atoms with E-state index < -0.39 is 0 Å². The van der Waals surface area contributed by atoms with Crippen LogP contribution in [0.15, 0.2) is 24.8 Å². The first kappa shape index (κ1) is 17.9. The van der Waals surface area contributed by atoms with E-state index in [1.807, 2.05) is 15.8 Å². The largest absolute Gasteiger partial charge is 0.470 e. The summed E-state index contributed by atoms with van der Waals surface area (Å²) < 4.78 is 7.41. The molecule has 144 valence electrons. The van der Waals surface area contributed by atoms with Crippen LogP contribution in [0.25, 0.3) is 0 Å². The number of hydrogen-bond acceptors (Lipinski definition) is 6. The zero-order valence-corrected chi connectivity index (χ0v) is 15.5. The average Bonchev–Trinajstić information content (AvgIpc) is 3.46. The molecule has 0 aromatic carbocycles. The summed E-state index contributed by atoms with van der Waals surface area (Å²) in [6.45, 7) is 1.83. The molecule has 2 aromatic heterocycles. The molecule has 3 heterocycles. The first-order valence-electron chi connectivity index (χ1n) is 9.85. The fourth-order valence-corrected chi connectivity index (χ4v) is 4.03. The Morgan fingerprint density at radius 3 is 2.93 bits per heavy atom. The Kier molecular flexibility index (Phi) is 5.60. The van der Waals surface area contributed by atoms with E-state index in [1.54, 1.807) is 18.6 Å². The van der Waals surface area contributed by atoms with Crippen molar-refractivity contribution < 1.29 is 9.53 Å². The van der Waals surface area contributed by atoms with Gasteiger partial charge >= 0.3 is 0 Å². The Morgan fingerprint density at radius 1 is 1.22 bits per heavy atom. The molecule has 2 aliphatic rings. The quantitative estimate of drug-likeness (QED) is 0.744. The minimum absolute atomic E-state index is 0.193. The molecule has 1 unspecified atom stereocenters. The molecule has 2 fully saturated rings. The first-order chi connectivity index (χ1) is 13.3. The molecular formula is C19H26N6O2. The van der Waals surface area contributed by atoms with Gasteiger partial charge in [0.2, 0.25) is 11.8 Å². The van der Waals surface area contributed by atoms with Gasteiger partial charge in [-0.05, 0) is 18.8 Å². The van der Waals surface area contributed by atoms with Crippen LogP contribution in [-0.2, 0) is 11.4 Å². The molecule has 8 heteroatoms. The number of ether oxygens (including phenoxy) is 1. The molecule has 1 amide bonds. The van der Waals surface area contributed by atoms with Gasteiger partial charge in [0, 0.05) is 31.9 Å². The molecule has 1 atom stereocenters. The summed E-state index contributed by atoms with van der Waals surface area (Å²) in [6, 6.07) is 0.193. The third kappa shape index (κ3) is 4.61. The topological polar surface area (TPSA) is 86.0 Å². The Morgan fingerprint density at radius 2 is 2.11 bits per heavy atom. The molecule has 1 saturated heterocycles. The van der Waals surface area contributed by atoms with E-state index in [-0.39, 0.29) is 11.9 Å². The molecule has 27 heavy (non-hydrogen) atoms. The Labute approximate surface area is 158 Å². The van der Waals surface area contributed by atoms with E-state index in [1.165, 1.54) is 25.7 Å². The van der Waals surface area contributed by atoms with E-state index in [9.17, 15) is 4.79 Å². The van der Waals surface area contributed by atoms with Crippen LogP contribution in [0.4, 0.5) is 0 Å². The maximum atomic E-state index is 12.5. The highest BCUT2D eigenvalue weighted by atomic mass is 16.5. The number of amides is 1. The van der Waals surface area contributed by atoms with E-state index in [4.69, 9.17) is 4.74 Å². The van der Waals surface area contributed by atoms with Crippen molar-refractivity contribution in [2.45, 2.75) is 57.6 Å². The third-order valence-electron chi connectivity index (χ3n) is 5.60. The fourth-order valence-electron chi connectivity index (χ4n) is 4.03. The normalized spacial score (nSPS) is 20.3. The van der Waals surface area contributed by atoms with Crippen LogP contribution in [0.5, 0.6) is 5.88 Å². The molecule has 4 rings (SSSR count). The molecule has 0 bridgehead atoms. The molecule has 0 radical (unpaired) electrons. The van der Waals surface area contributed by atoms with Crippen LogP contribution in [0, 0.1) is 5.92 Å². The summed E-state index contributed by atoms with van der Waals surface area (Å²) in [5.41, 5.74) is 0.742. The van der Waals surface area contributed by atoms with Crippen molar-refractivity contribution in [2.24, 2.45) is 5.92 Å². The number of carbonyl (C=O) groups excluding carboxylic acids is 1. The predicted molar refractivity (Wildman–Crippen MR) is 97.8 cm³/mol. The van der Waals surface area contributed by atoms with Crippen LogP contribution < -0.4 is 4.74 Å². The van der Waals surface area contributed by atoms with Crippen LogP contribution in [0.1, 0.15) is 56.7 Å². The molecule has 0 N–H and O–H groups in total. The fraction of sp³-hybridized carbons (Fsp3) is 0.632. The number of aromatic nitrogens is 5. The van der Waals surface area contributed by atoms with Crippen molar-refractivity contribution in [3.63, 3.8) is 0 Å². The second-order valence-corrected chi connectivity index (χ2v) is 7.49. The van der Waals surface area contributed by atoms with Crippen molar-refractivity contribution in [2.75, 3.05) is 13.1 Å². The van der Waals surface area contributed by atoms with Gasteiger partial charge in [-0.1, -0.05) is 30.9 Å². The second kappa shape index (κ2) is 8.45. The molecule has 8 nitrogen and oxygen atoms in total. The lowest BCUT2D eigenvalue weighted by Gasteiger charge is -2.17. The molecule has 2 aromatic rings. The lowest BCUT2D eigenvalue weighted by atomic mass is 10.0. The second-order valence-electron chi connectivity index (χ2n) is 7.49. The van der Waals surface area contributed by atoms with Crippen LogP contribution >= 0.6 is 0 Å². The summed E-state index contributed by atoms with van der Waals surface area (Å²) in [6.07, 6.45) is 14.6. The number of hydrogen-bond donors (Lipinski definition) is 0. The number of carbonyl (C=O) groups is 1. The lowest BCUT2D eigenvalue weighted by molar-refractivity contribution is -0.130. The maximum Gasteiger partial charge on any atom is 0.232 e. The molecule has 0 spiro atoms. The zero-order valence-electron chi connectivity index (χ0n) is 15.5. The average molecular weight is 370 g/mol. The Balaban J connectivity index is 1.25. The summed E-state index contributed by atoms with van der Waals surface area (Å²) in [5.74, 6) is 1.52. The molecular weight excluding hydrogens is 344 g/mol. The first-order valence-corrected chi connectivity index (χ1v) is 9.85. The Bertz CT molecular complexity index is 744. The van der Waals surface area contributed by atoms with E-state index >= 15 is 0 Å². The van der Waals surface area contributed by atoms with Crippen molar-refractivity contribution >= 4 is 5.91 Å². The zero-order chi connectivity index (χ0) is 18.5. The van der Waals surface area contributed by atoms with Crippen molar-refractivity contribution in [1.29, 1.82) is 0 Å². The van der Waals surface area contributed by atoms with Gasteiger partial charge < -0.3 is 9.64 Å². The minimum Gasteiger partial charge on any atom is -0.470 e. The highest BCUT2D eigenvalue weighted by Crippen LogP contribution is 2.29. The van der Waals surface area contributed by atoms with Gasteiger partial charge in [-0.15, -0.1) is 5.10 Å². The van der Waals surface area contributed by atoms with Crippen molar-refractivity contribution in [1.82, 2.24) is 29.9 Å². The summed E-state index contributed by atoms with van der Waals surface area (Å²) in [7, 11) is 0. The van der Waals surface area contributed by atoms with Crippen molar-refractivity contribution in [3.05, 3.63) is 30.5 Å². The van der Waals surface area contributed by atoms with Gasteiger partial charge in [0.25, 0.3) is 0 Å². The maximum absolute atomic E-state index is 12.5. The smallest absolute Gasteiger partial charge is 0.232 e. The minimum atomic E-state index is 0.193. The van der Waals surface area contributed by atoms with Gasteiger partial charge in [0.1, 0.15) is 12.3 Å². The van der Waals surface area contributed by atoms with Gasteiger partial charge in [0.05, 0.1) is 18.4 Å². The highest BCUT2D eigenvalue weighted by Gasteiger charge is 2.28. The Hall–Kier alpha value is -2.51. The van der Waals surface area contributed by atoms with E-state index in [2.05, 4.69) is 20.3 Å². The predicted octanol–water partition coefficient (Wildman–Crippen LogP) is 2.39. The van der Waals surface area contributed by atoms with Crippen molar-refractivity contribution in [3.8, 4) is 5.88 Å². The van der Waals surface area contributed by atoms with Gasteiger partial charge in [-0.2, -0.15) is 0 Å². The van der Waals surface area contributed by atoms with Gasteiger partial charge in [-0.25, -0.2) is 9.67 Å². The molecule has 1 saturated carbocycles. The van der Waals surface area contributed by atoms with E-state index in [0.29, 0.717) is 18.9 Å². The molecule has 1 aliphatic carbocycles. The van der Waals surface area contributed by atoms with Crippen LogP contribution in [-0.4, -0.2) is 48.9 Å². The van der Waals surface area contributed by atoms with Crippen LogP contribution in [0.2, 0.25) is 0 Å². The standard InChI is InChI=1S/C19H26N6O2/c26-19(6-5-15-3-1-2-4-15)24-10-7-17(13-24)25-12-16(22-23-25)14-27-18-11-20-8-9-21-18/h8-9,11-12,15,17H,1-7,10,13-14H2. The summed E-state index contributed by atoms with van der Waals surface area (Å²) >= 11 is 0. The van der Waals surface area contributed by atoms with Gasteiger partial charge in [-0.3, -0.25) is 9.78 Å².